The maximum absolute atomic E-state index is 11.4. The molecule has 0 radical (unpaired) electrons. The molecular formula is C13H21N3O2. The normalized spacial score (nSPS) is 11.1. The van der Waals surface area contributed by atoms with E-state index in [0.29, 0.717) is 13.1 Å². The van der Waals surface area contributed by atoms with Gasteiger partial charge in [0.1, 0.15) is 5.60 Å². The molecule has 0 aliphatic carbocycles. The molecule has 0 aliphatic heterocycles. The molecule has 0 atom stereocenters. The van der Waals surface area contributed by atoms with E-state index in [-0.39, 0.29) is 0 Å². The minimum absolute atomic E-state index is 0.488. The van der Waals surface area contributed by atoms with Gasteiger partial charge in [0, 0.05) is 13.1 Å². The molecule has 0 spiro atoms. The Balaban J connectivity index is 2.35. The Morgan fingerprint density at radius 3 is 2.61 bits per heavy atom. The largest absolute Gasteiger partial charge is 0.443 e. The van der Waals surface area contributed by atoms with Gasteiger partial charge in [-0.2, -0.15) is 0 Å². The average Bonchev–Trinajstić information content (AvgIpc) is 2.27. The molecule has 1 aromatic rings. The zero-order valence-electron chi connectivity index (χ0n) is 11.1. The lowest BCUT2D eigenvalue weighted by Gasteiger charge is -2.19. The number of nitrogens with two attached hydrogens (primary N) is 1. The van der Waals surface area contributed by atoms with Gasteiger partial charge < -0.3 is 10.5 Å². The number of benzene rings is 1. The second kappa shape index (κ2) is 6.37. The number of nitrogens with one attached hydrogen (secondary N) is 2. The number of hydrazine groups is 1. The van der Waals surface area contributed by atoms with Gasteiger partial charge in [-0.25, -0.2) is 10.2 Å². The molecule has 0 heterocycles. The summed E-state index contributed by atoms with van der Waals surface area (Å²) in [7, 11) is 0. The summed E-state index contributed by atoms with van der Waals surface area (Å²) >= 11 is 0. The van der Waals surface area contributed by atoms with E-state index in [2.05, 4.69) is 10.9 Å². The number of ether oxygens (including phenoxy) is 1. The van der Waals surface area contributed by atoms with Crippen LogP contribution in [0.3, 0.4) is 0 Å². The summed E-state index contributed by atoms with van der Waals surface area (Å²) < 4.78 is 5.09. The number of carbonyl (C=O) groups is 1. The van der Waals surface area contributed by atoms with E-state index in [9.17, 15) is 4.79 Å². The summed E-state index contributed by atoms with van der Waals surface area (Å²) in [6.07, 6.45) is -0.488. The van der Waals surface area contributed by atoms with Crippen LogP contribution >= 0.6 is 0 Å². The molecular weight excluding hydrogens is 230 g/mol. The Kier molecular flexibility index (Phi) is 5.12. The van der Waals surface area contributed by atoms with Crippen LogP contribution in [0.25, 0.3) is 0 Å². The number of rotatable bonds is 4. The summed E-state index contributed by atoms with van der Waals surface area (Å²) in [6, 6.07) is 7.85. The molecule has 5 heteroatoms. The standard InChI is InChI=1S/C13H21N3O2/c1-13(2,3)18-12(17)16-15-9-11-6-4-5-10(7-11)8-14/h4-7,15H,8-9,14H2,1-3H3,(H,16,17). The first kappa shape index (κ1) is 14.5. The van der Waals surface area contributed by atoms with Crippen LogP contribution in [0.4, 0.5) is 4.79 Å². The Morgan fingerprint density at radius 2 is 2.00 bits per heavy atom. The van der Waals surface area contributed by atoms with Crippen LogP contribution in [-0.4, -0.2) is 11.7 Å². The fraction of sp³-hybridized carbons (Fsp3) is 0.462. The lowest BCUT2D eigenvalue weighted by molar-refractivity contribution is 0.0497. The minimum atomic E-state index is -0.495. The van der Waals surface area contributed by atoms with Crippen LogP contribution in [0.15, 0.2) is 24.3 Å². The Labute approximate surface area is 108 Å². The van der Waals surface area contributed by atoms with Crippen LogP contribution in [0.5, 0.6) is 0 Å². The fourth-order valence-corrected chi connectivity index (χ4v) is 1.39. The first-order valence-electron chi connectivity index (χ1n) is 5.90. The van der Waals surface area contributed by atoms with Crippen molar-refractivity contribution in [3.8, 4) is 0 Å². The van der Waals surface area contributed by atoms with E-state index >= 15 is 0 Å². The van der Waals surface area contributed by atoms with Crippen LogP contribution in [0.1, 0.15) is 31.9 Å². The van der Waals surface area contributed by atoms with Crippen molar-refractivity contribution in [2.45, 2.75) is 39.5 Å². The third-order valence-corrected chi connectivity index (χ3v) is 2.11. The monoisotopic (exact) mass is 251 g/mol. The molecule has 0 fully saturated rings. The van der Waals surface area contributed by atoms with E-state index in [4.69, 9.17) is 10.5 Å². The van der Waals surface area contributed by atoms with Crippen LogP contribution in [-0.2, 0) is 17.8 Å². The minimum Gasteiger partial charge on any atom is -0.443 e. The summed E-state index contributed by atoms with van der Waals surface area (Å²) in [6.45, 7) is 6.48. The number of amides is 1. The number of hydrogen-bond donors (Lipinski definition) is 3. The molecule has 0 bridgehead atoms. The van der Waals surface area contributed by atoms with E-state index in [1.54, 1.807) is 0 Å². The SMILES string of the molecule is CC(C)(C)OC(=O)NNCc1cccc(CN)c1. The lowest BCUT2D eigenvalue weighted by atomic mass is 10.1. The smallest absolute Gasteiger partial charge is 0.422 e. The van der Waals surface area contributed by atoms with E-state index in [1.165, 1.54) is 0 Å². The highest BCUT2D eigenvalue weighted by Gasteiger charge is 2.15. The van der Waals surface area contributed by atoms with Gasteiger partial charge in [0.15, 0.2) is 0 Å². The maximum atomic E-state index is 11.4. The van der Waals surface area contributed by atoms with Gasteiger partial charge in [0.25, 0.3) is 0 Å². The van der Waals surface area contributed by atoms with Crippen LogP contribution in [0, 0.1) is 0 Å². The van der Waals surface area contributed by atoms with E-state index in [1.807, 2.05) is 45.0 Å². The molecule has 100 valence electrons. The molecule has 0 aromatic heterocycles. The third-order valence-electron chi connectivity index (χ3n) is 2.11. The average molecular weight is 251 g/mol. The molecule has 1 aromatic carbocycles. The zero-order chi connectivity index (χ0) is 13.6. The molecule has 0 unspecified atom stereocenters. The molecule has 0 saturated carbocycles. The van der Waals surface area contributed by atoms with Gasteiger partial charge in [-0.15, -0.1) is 0 Å². The molecule has 18 heavy (non-hydrogen) atoms. The fourth-order valence-electron chi connectivity index (χ4n) is 1.39. The van der Waals surface area contributed by atoms with Crippen LogP contribution < -0.4 is 16.6 Å². The first-order valence-corrected chi connectivity index (χ1v) is 5.90. The van der Waals surface area contributed by atoms with Crippen LogP contribution in [0.2, 0.25) is 0 Å². The molecule has 0 aliphatic rings. The third kappa shape index (κ3) is 5.65. The van der Waals surface area contributed by atoms with Gasteiger partial charge in [0.2, 0.25) is 0 Å². The number of carbonyl (C=O) groups excluding carboxylic acids is 1. The zero-order valence-corrected chi connectivity index (χ0v) is 11.1. The van der Waals surface area contributed by atoms with Gasteiger partial charge >= 0.3 is 6.09 Å². The first-order chi connectivity index (χ1) is 8.40. The van der Waals surface area contributed by atoms with Crippen molar-refractivity contribution in [2.75, 3.05) is 0 Å². The Hall–Kier alpha value is -1.59. The van der Waals surface area contributed by atoms with Gasteiger partial charge in [-0.05, 0) is 31.9 Å². The van der Waals surface area contributed by atoms with Crippen molar-refractivity contribution in [3.05, 3.63) is 35.4 Å². The van der Waals surface area contributed by atoms with Crippen molar-refractivity contribution in [3.63, 3.8) is 0 Å². The Morgan fingerprint density at radius 1 is 1.33 bits per heavy atom. The highest BCUT2D eigenvalue weighted by atomic mass is 16.6. The molecule has 1 rings (SSSR count). The molecule has 5 nitrogen and oxygen atoms in total. The second-order valence-corrected chi connectivity index (χ2v) is 5.00. The van der Waals surface area contributed by atoms with Crippen molar-refractivity contribution < 1.29 is 9.53 Å². The van der Waals surface area contributed by atoms with Crippen molar-refractivity contribution in [2.24, 2.45) is 5.73 Å². The highest BCUT2D eigenvalue weighted by Crippen LogP contribution is 2.06. The maximum Gasteiger partial charge on any atom is 0.422 e. The van der Waals surface area contributed by atoms with Crippen molar-refractivity contribution in [1.29, 1.82) is 0 Å². The Bertz CT molecular complexity index is 399. The predicted octanol–water partition coefficient (Wildman–Crippen LogP) is 1.67. The summed E-state index contributed by atoms with van der Waals surface area (Å²) in [5, 5.41) is 0. The summed E-state index contributed by atoms with van der Waals surface area (Å²) in [5.74, 6) is 0. The predicted molar refractivity (Wildman–Crippen MR) is 70.5 cm³/mol. The summed E-state index contributed by atoms with van der Waals surface area (Å²) in [4.78, 5) is 11.4. The van der Waals surface area contributed by atoms with E-state index in [0.717, 1.165) is 11.1 Å². The van der Waals surface area contributed by atoms with Gasteiger partial charge in [-0.1, -0.05) is 24.3 Å². The van der Waals surface area contributed by atoms with Crippen molar-refractivity contribution in [1.82, 2.24) is 10.9 Å². The van der Waals surface area contributed by atoms with Crippen molar-refractivity contribution >= 4 is 6.09 Å². The van der Waals surface area contributed by atoms with Gasteiger partial charge in [0.05, 0.1) is 0 Å². The molecule has 0 saturated heterocycles. The molecule has 4 N–H and O–H groups in total. The topological polar surface area (TPSA) is 76.4 Å². The van der Waals surface area contributed by atoms with E-state index < -0.39 is 11.7 Å². The second-order valence-electron chi connectivity index (χ2n) is 5.00. The quantitative estimate of drug-likeness (QED) is 0.711. The van der Waals surface area contributed by atoms with Gasteiger partial charge in [-0.3, -0.25) is 5.43 Å². The lowest BCUT2D eigenvalue weighted by Crippen LogP contribution is -2.40. The summed E-state index contributed by atoms with van der Waals surface area (Å²) in [5.41, 5.74) is 12.5. The highest BCUT2D eigenvalue weighted by molar-refractivity contribution is 5.66. The molecule has 1 amide bonds. The number of hydrogen-bond acceptors (Lipinski definition) is 4.